The molecule has 0 saturated carbocycles. The lowest BCUT2D eigenvalue weighted by Crippen LogP contribution is -2.37. The van der Waals surface area contributed by atoms with Gasteiger partial charge in [-0.1, -0.05) is 6.07 Å². The summed E-state index contributed by atoms with van der Waals surface area (Å²) in [6.45, 7) is 2.44. The highest BCUT2D eigenvalue weighted by molar-refractivity contribution is 5.79. The number of methoxy groups -OCH3 is 1. The van der Waals surface area contributed by atoms with Gasteiger partial charge in [0.1, 0.15) is 11.8 Å². The SMILES string of the molecule is COc1cccc2c1CCN2C(C)C(=O)O. The number of carbonyl (C=O) groups is 1. The predicted octanol–water partition coefficient (Wildman–Crippen LogP) is 1.53. The fourth-order valence-electron chi connectivity index (χ4n) is 2.15. The van der Waals surface area contributed by atoms with Crippen LogP contribution in [0.3, 0.4) is 0 Å². The van der Waals surface area contributed by atoms with Gasteiger partial charge >= 0.3 is 5.97 Å². The summed E-state index contributed by atoms with van der Waals surface area (Å²) in [6, 6.07) is 5.26. The van der Waals surface area contributed by atoms with Crippen LogP contribution in [0.2, 0.25) is 0 Å². The molecule has 1 aliphatic rings. The van der Waals surface area contributed by atoms with Crippen molar-refractivity contribution in [2.75, 3.05) is 18.6 Å². The van der Waals surface area contributed by atoms with Crippen molar-refractivity contribution < 1.29 is 14.6 Å². The smallest absolute Gasteiger partial charge is 0.326 e. The first-order valence-corrected chi connectivity index (χ1v) is 5.30. The molecular weight excluding hydrogens is 206 g/mol. The average molecular weight is 221 g/mol. The number of carboxylic acid groups (broad SMARTS) is 1. The fourth-order valence-corrected chi connectivity index (χ4v) is 2.15. The van der Waals surface area contributed by atoms with E-state index in [4.69, 9.17) is 9.84 Å². The van der Waals surface area contributed by atoms with Gasteiger partial charge in [-0.2, -0.15) is 0 Å². The fraction of sp³-hybridized carbons (Fsp3) is 0.417. The predicted molar refractivity (Wildman–Crippen MR) is 61.1 cm³/mol. The molecule has 0 radical (unpaired) electrons. The summed E-state index contributed by atoms with van der Waals surface area (Å²) in [5.74, 6) is 0.0493. The van der Waals surface area contributed by atoms with E-state index in [0.29, 0.717) is 0 Å². The standard InChI is InChI=1S/C12H15NO3/c1-8(12(14)15)13-7-6-9-10(13)4-3-5-11(9)16-2/h3-5,8H,6-7H2,1-2H3,(H,14,15). The maximum atomic E-state index is 11.0. The number of nitrogens with zero attached hydrogens (tertiary/aromatic N) is 1. The van der Waals surface area contributed by atoms with Gasteiger partial charge in [0, 0.05) is 17.8 Å². The highest BCUT2D eigenvalue weighted by atomic mass is 16.5. The van der Waals surface area contributed by atoms with Gasteiger partial charge in [-0.25, -0.2) is 4.79 Å². The van der Waals surface area contributed by atoms with Crippen LogP contribution in [0.1, 0.15) is 12.5 Å². The molecule has 1 aliphatic heterocycles. The second-order valence-electron chi connectivity index (χ2n) is 3.92. The summed E-state index contributed by atoms with van der Waals surface area (Å²) in [5, 5.41) is 9.02. The molecule has 1 N–H and O–H groups in total. The Bertz CT molecular complexity index is 417. The second kappa shape index (κ2) is 4.04. The van der Waals surface area contributed by atoms with E-state index in [-0.39, 0.29) is 0 Å². The van der Waals surface area contributed by atoms with Crippen molar-refractivity contribution in [1.82, 2.24) is 0 Å². The summed E-state index contributed by atoms with van der Waals surface area (Å²) in [5.41, 5.74) is 2.09. The maximum Gasteiger partial charge on any atom is 0.326 e. The van der Waals surface area contributed by atoms with Gasteiger partial charge in [0.05, 0.1) is 7.11 Å². The van der Waals surface area contributed by atoms with Gasteiger partial charge in [0.2, 0.25) is 0 Å². The molecule has 0 bridgehead atoms. The molecule has 16 heavy (non-hydrogen) atoms. The van der Waals surface area contributed by atoms with E-state index in [1.165, 1.54) is 0 Å². The Morgan fingerprint density at radius 1 is 1.56 bits per heavy atom. The summed E-state index contributed by atoms with van der Waals surface area (Å²) in [7, 11) is 1.64. The average Bonchev–Trinajstić information content (AvgIpc) is 2.71. The molecule has 0 spiro atoms. The minimum absolute atomic E-state index is 0.492. The molecule has 4 nitrogen and oxygen atoms in total. The molecule has 0 aromatic heterocycles. The van der Waals surface area contributed by atoms with Crippen LogP contribution in [0.25, 0.3) is 0 Å². The minimum Gasteiger partial charge on any atom is -0.496 e. The van der Waals surface area contributed by atoms with Crippen molar-refractivity contribution in [3.63, 3.8) is 0 Å². The first kappa shape index (κ1) is 10.8. The van der Waals surface area contributed by atoms with Crippen LogP contribution in [-0.4, -0.2) is 30.8 Å². The number of benzene rings is 1. The molecule has 0 saturated heterocycles. The van der Waals surface area contributed by atoms with Gasteiger partial charge in [0.15, 0.2) is 0 Å². The van der Waals surface area contributed by atoms with Gasteiger partial charge in [-0.05, 0) is 25.5 Å². The number of hydrogen-bond donors (Lipinski definition) is 1. The Balaban J connectivity index is 2.37. The third kappa shape index (κ3) is 1.60. The van der Waals surface area contributed by atoms with Crippen LogP contribution in [0.5, 0.6) is 5.75 Å². The molecule has 0 aliphatic carbocycles. The van der Waals surface area contributed by atoms with Crippen molar-refractivity contribution in [3.05, 3.63) is 23.8 Å². The zero-order valence-electron chi connectivity index (χ0n) is 9.43. The van der Waals surface area contributed by atoms with Crippen LogP contribution in [0, 0.1) is 0 Å². The largest absolute Gasteiger partial charge is 0.496 e. The number of ether oxygens (including phenoxy) is 1. The molecule has 0 fully saturated rings. The van der Waals surface area contributed by atoms with Crippen LogP contribution in [0.15, 0.2) is 18.2 Å². The number of fused-ring (bicyclic) bond motifs is 1. The van der Waals surface area contributed by atoms with Crippen LogP contribution in [0.4, 0.5) is 5.69 Å². The van der Waals surface area contributed by atoms with Gasteiger partial charge in [0.25, 0.3) is 0 Å². The van der Waals surface area contributed by atoms with Crippen LogP contribution in [-0.2, 0) is 11.2 Å². The summed E-state index contributed by atoms with van der Waals surface area (Å²) in [4.78, 5) is 12.9. The maximum absolute atomic E-state index is 11.0. The molecule has 86 valence electrons. The normalized spacial score (nSPS) is 15.8. The van der Waals surface area contributed by atoms with Crippen molar-refractivity contribution >= 4 is 11.7 Å². The zero-order valence-corrected chi connectivity index (χ0v) is 9.43. The number of hydrogen-bond acceptors (Lipinski definition) is 3. The Kier molecular flexibility index (Phi) is 2.73. The van der Waals surface area contributed by atoms with E-state index in [9.17, 15) is 4.79 Å². The number of rotatable bonds is 3. The van der Waals surface area contributed by atoms with Gasteiger partial charge in [-0.15, -0.1) is 0 Å². The molecule has 0 amide bonds. The molecule has 1 aromatic carbocycles. The monoisotopic (exact) mass is 221 g/mol. The molecule has 4 heteroatoms. The number of carboxylic acids is 1. The Morgan fingerprint density at radius 3 is 2.94 bits per heavy atom. The Labute approximate surface area is 94.4 Å². The Morgan fingerprint density at radius 2 is 2.31 bits per heavy atom. The highest BCUT2D eigenvalue weighted by Gasteiger charge is 2.28. The number of anilines is 1. The molecule has 1 unspecified atom stereocenters. The first-order chi connectivity index (χ1) is 7.65. The zero-order chi connectivity index (χ0) is 11.7. The minimum atomic E-state index is -0.796. The highest BCUT2D eigenvalue weighted by Crippen LogP contribution is 2.35. The lowest BCUT2D eigenvalue weighted by Gasteiger charge is -2.23. The topological polar surface area (TPSA) is 49.8 Å². The van der Waals surface area contributed by atoms with Crippen molar-refractivity contribution in [2.45, 2.75) is 19.4 Å². The second-order valence-corrected chi connectivity index (χ2v) is 3.92. The summed E-state index contributed by atoms with van der Waals surface area (Å²) < 4.78 is 5.27. The van der Waals surface area contributed by atoms with Crippen LogP contribution < -0.4 is 9.64 Å². The molecule has 1 atom stereocenters. The van der Waals surface area contributed by atoms with Crippen molar-refractivity contribution in [1.29, 1.82) is 0 Å². The van der Waals surface area contributed by atoms with E-state index in [1.54, 1.807) is 14.0 Å². The number of aliphatic carboxylic acids is 1. The Hall–Kier alpha value is -1.71. The first-order valence-electron chi connectivity index (χ1n) is 5.30. The van der Waals surface area contributed by atoms with Gasteiger partial charge in [-0.3, -0.25) is 0 Å². The third-order valence-corrected chi connectivity index (χ3v) is 3.07. The van der Waals surface area contributed by atoms with E-state index >= 15 is 0 Å². The lowest BCUT2D eigenvalue weighted by molar-refractivity contribution is -0.138. The third-order valence-electron chi connectivity index (χ3n) is 3.07. The van der Waals surface area contributed by atoms with E-state index in [0.717, 1.165) is 30.0 Å². The summed E-state index contributed by atoms with van der Waals surface area (Å²) >= 11 is 0. The lowest BCUT2D eigenvalue weighted by atomic mass is 10.1. The molecular formula is C12H15NO3. The van der Waals surface area contributed by atoms with Crippen molar-refractivity contribution in [3.8, 4) is 5.75 Å². The van der Waals surface area contributed by atoms with E-state index in [1.807, 2.05) is 23.1 Å². The van der Waals surface area contributed by atoms with Crippen LogP contribution >= 0.6 is 0 Å². The van der Waals surface area contributed by atoms with Crippen molar-refractivity contribution in [2.24, 2.45) is 0 Å². The van der Waals surface area contributed by atoms with E-state index in [2.05, 4.69) is 0 Å². The quantitative estimate of drug-likeness (QED) is 0.841. The summed E-state index contributed by atoms with van der Waals surface area (Å²) in [6.07, 6.45) is 0.844. The van der Waals surface area contributed by atoms with Gasteiger partial charge < -0.3 is 14.7 Å². The molecule has 2 rings (SSSR count). The molecule has 1 aromatic rings. The van der Waals surface area contributed by atoms with E-state index < -0.39 is 12.0 Å². The molecule has 1 heterocycles.